The smallest absolute Gasteiger partial charge is 0.216 e. The molecule has 0 aliphatic rings. The SMILES string of the molecule is CC[C@@H](C)[C@@H]([C-]=O)NCC(=O)CCCCSCCC(NC(=O)[C@@H]([NH-])CC(N)=O)C(=O)CC(CO)CCN.[Y]. The summed E-state index contributed by atoms with van der Waals surface area (Å²) < 4.78 is 0. The number of aliphatic hydroxyl groups excluding tert-OH is 1. The monoisotopic (exact) mass is 632 g/mol. The fourth-order valence-electron chi connectivity index (χ4n) is 3.54. The number of nitrogens with one attached hydrogen (secondary N) is 3. The van der Waals surface area contributed by atoms with Crippen LogP contribution in [0.2, 0.25) is 0 Å². The number of Topliss-reactive ketones (excluding diaryl/α,β-unsaturated/α-hetero) is 2. The van der Waals surface area contributed by atoms with Crippen LogP contribution in [0.1, 0.15) is 65.2 Å². The number of thioether (sulfide) groups is 1. The molecule has 0 aliphatic heterocycles. The van der Waals surface area contributed by atoms with Gasteiger partial charge in [-0.3, -0.25) is 19.2 Å². The average Bonchev–Trinajstić information content (AvgIpc) is 2.86. The number of aliphatic hydroxyl groups is 1. The molecule has 0 spiro atoms. The Hall–Kier alpha value is -0.756. The second-order valence-corrected chi connectivity index (χ2v) is 10.6. The first-order chi connectivity index (χ1) is 17.6. The number of unbranched alkanes of at least 4 members (excludes halogenated alkanes) is 1. The van der Waals surface area contributed by atoms with Crippen molar-refractivity contribution in [2.75, 3.05) is 31.2 Å². The van der Waals surface area contributed by atoms with Gasteiger partial charge in [0.25, 0.3) is 0 Å². The van der Waals surface area contributed by atoms with Crippen LogP contribution < -0.4 is 22.1 Å². The first-order valence-corrected chi connectivity index (χ1v) is 14.1. The van der Waals surface area contributed by atoms with E-state index in [9.17, 15) is 29.1 Å². The summed E-state index contributed by atoms with van der Waals surface area (Å²) in [6, 6.07) is -2.67. The number of amides is 2. The number of hydrogen-bond donors (Lipinski definition) is 5. The van der Waals surface area contributed by atoms with E-state index in [0.29, 0.717) is 38.0 Å². The van der Waals surface area contributed by atoms with Crippen molar-refractivity contribution in [2.45, 2.75) is 83.3 Å². The van der Waals surface area contributed by atoms with E-state index in [1.165, 1.54) is 0 Å². The molecule has 0 aromatic rings. The average molecular weight is 633 g/mol. The summed E-state index contributed by atoms with van der Waals surface area (Å²) in [6.45, 7) is 4.19. The first kappa shape index (κ1) is 39.4. The molecule has 0 heterocycles. The Bertz CT molecular complexity index is 718. The molecule has 0 aromatic carbocycles. The van der Waals surface area contributed by atoms with Crippen molar-refractivity contribution in [2.24, 2.45) is 23.3 Å². The standard InChI is InChI=1S/C25H45N5O6S.Y/c1-3-17(2)22(16-32)29-14-19(33)6-4-5-10-37-11-8-21(23(34)12-18(15-31)7-9-26)30-25(36)20(27)13-24(28)35;/h17-18,20-22,27,29,31H,3-15,26H2,1-2H3,(H2,28,35)(H,30,36);/q-2;/t17-,18?,20+,21?,22-;/m1./s1. The summed E-state index contributed by atoms with van der Waals surface area (Å²) in [5.41, 5.74) is 18.4. The summed E-state index contributed by atoms with van der Waals surface area (Å²) in [6.07, 6.45) is 5.10. The Labute approximate surface area is 256 Å². The Morgan fingerprint density at radius 3 is 2.34 bits per heavy atom. The van der Waals surface area contributed by atoms with Crippen molar-refractivity contribution in [3.63, 3.8) is 0 Å². The van der Waals surface area contributed by atoms with Gasteiger partial charge < -0.3 is 37.7 Å². The van der Waals surface area contributed by atoms with Crippen LogP contribution in [0.15, 0.2) is 0 Å². The third-order valence-corrected chi connectivity index (χ3v) is 7.26. The van der Waals surface area contributed by atoms with Crippen molar-refractivity contribution in [1.82, 2.24) is 10.6 Å². The molecule has 0 bridgehead atoms. The molecule has 1 radical (unpaired) electrons. The van der Waals surface area contributed by atoms with Crippen LogP contribution in [0, 0.1) is 11.8 Å². The van der Waals surface area contributed by atoms with Gasteiger partial charge >= 0.3 is 0 Å². The van der Waals surface area contributed by atoms with E-state index in [0.717, 1.165) is 18.6 Å². The van der Waals surface area contributed by atoms with E-state index in [-0.39, 0.29) is 75.7 Å². The van der Waals surface area contributed by atoms with Gasteiger partial charge in [0.15, 0.2) is 5.78 Å². The predicted molar refractivity (Wildman–Crippen MR) is 145 cm³/mol. The normalized spacial score (nSPS) is 14.9. The predicted octanol–water partition coefficient (Wildman–Crippen LogP) is 0.658. The second kappa shape index (κ2) is 24.1. The van der Waals surface area contributed by atoms with E-state index < -0.39 is 36.4 Å². The molecule has 0 saturated heterocycles. The molecular formula is C25H45N5O6SY-2. The van der Waals surface area contributed by atoms with Gasteiger partial charge in [-0.25, -0.2) is 6.29 Å². The second-order valence-electron chi connectivity index (χ2n) is 9.34. The fraction of sp³-hybridized carbons (Fsp3) is 0.800. The van der Waals surface area contributed by atoms with E-state index in [1.807, 2.05) is 20.1 Å². The van der Waals surface area contributed by atoms with Crippen molar-refractivity contribution in [3.8, 4) is 0 Å². The molecular weight excluding hydrogens is 587 g/mol. The number of hydrogen-bond acceptors (Lipinski definition) is 9. The Kier molecular flexibility index (Phi) is 25.0. The van der Waals surface area contributed by atoms with Gasteiger partial charge in [0, 0.05) is 58.6 Å². The van der Waals surface area contributed by atoms with Crippen LogP contribution in [-0.2, 0) is 56.7 Å². The third-order valence-electron chi connectivity index (χ3n) is 6.15. The molecule has 8 N–H and O–H groups in total. The van der Waals surface area contributed by atoms with Crippen LogP contribution in [-0.4, -0.2) is 84.1 Å². The molecule has 0 fully saturated rings. The molecule has 0 aromatic heterocycles. The van der Waals surface area contributed by atoms with Crippen LogP contribution in [0.25, 0.3) is 5.73 Å². The Morgan fingerprint density at radius 2 is 1.79 bits per heavy atom. The quantitative estimate of drug-likeness (QED) is 0.0748. The maximum Gasteiger partial charge on any atom is 0.216 e. The van der Waals surface area contributed by atoms with Crippen molar-refractivity contribution in [3.05, 3.63) is 5.73 Å². The number of rotatable bonds is 24. The van der Waals surface area contributed by atoms with Gasteiger partial charge in [-0.1, -0.05) is 32.2 Å². The zero-order chi connectivity index (χ0) is 28.2. The first-order valence-electron chi connectivity index (χ1n) is 12.9. The van der Waals surface area contributed by atoms with Gasteiger partial charge in [0.05, 0.1) is 12.6 Å². The Balaban J connectivity index is 0. The van der Waals surface area contributed by atoms with Crippen molar-refractivity contribution < 1.29 is 61.8 Å². The van der Waals surface area contributed by atoms with Crippen LogP contribution in [0.4, 0.5) is 0 Å². The molecule has 11 nitrogen and oxygen atoms in total. The molecule has 0 saturated carbocycles. The van der Waals surface area contributed by atoms with Gasteiger partial charge in [-0.15, -0.1) is 0 Å². The molecule has 2 unspecified atom stereocenters. The van der Waals surface area contributed by atoms with Crippen molar-refractivity contribution >= 4 is 41.4 Å². The maximum atomic E-state index is 12.8. The molecule has 38 heavy (non-hydrogen) atoms. The topological polar surface area (TPSA) is 205 Å². The minimum absolute atomic E-state index is 0. The number of nitrogens with two attached hydrogens (primary N) is 2. The molecule has 2 amide bonds. The van der Waals surface area contributed by atoms with E-state index in [4.69, 9.17) is 17.2 Å². The fourth-order valence-corrected chi connectivity index (χ4v) is 4.55. The maximum absolute atomic E-state index is 12.8. The summed E-state index contributed by atoms with van der Waals surface area (Å²) in [5.74, 6) is -0.585. The zero-order valence-corrected chi connectivity index (χ0v) is 26.4. The molecule has 217 valence electrons. The van der Waals surface area contributed by atoms with Crippen molar-refractivity contribution in [1.29, 1.82) is 0 Å². The summed E-state index contributed by atoms with van der Waals surface area (Å²) in [5, 5.41) is 15.0. The van der Waals surface area contributed by atoms with E-state index in [1.54, 1.807) is 11.8 Å². The van der Waals surface area contributed by atoms with Crippen LogP contribution >= 0.6 is 11.8 Å². The van der Waals surface area contributed by atoms with E-state index in [2.05, 4.69) is 10.6 Å². The molecule has 5 atom stereocenters. The largest absolute Gasteiger partial charge is 0.666 e. The van der Waals surface area contributed by atoms with Gasteiger partial charge in [0.2, 0.25) is 11.8 Å². The van der Waals surface area contributed by atoms with Crippen LogP contribution in [0.5, 0.6) is 0 Å². The van der Waals surface area contributed by atoms with Gasteiger partial charge in [0.1, 0.15) is 5.78 Å². The number of primary amides is 1. The number of carbonyl (C=O) groups is 4. The summed E-state index contributed by atoms with van der Waals surface area (Å²) >= 11 is 1.59. The van der Waals surface area contributed by atoms with Gasteiger partial charge in [-0.2, -0.15) is 11.8 Å². The van der Waals surface area contributed by atoms with Crippen LogP contribution in [0.3, 0.4) is 0 Å². The molecule has 0 rings (SSSR count). The molecule has 0 aliphatic carbocycles. The summed E-state index contributed by atoms with van der Waals surface area (Å²) in [4.78, 5) is 59.2. The number of ketones is 2. The third kappa shape index (κ3) is 18.5. The number of carbonyl (C=O) groups excluding carboxylic acids is 5. The van der Waals surface area contributed by atoms with Gasteiger partial charge in [-0.05, 0) is 55.7 Å². The van der Waals surface area contributed by atoms with E-state index >= 15 is 0 Å². The molecule has 13 heteroatoms. The summed E-state index contributed by atoms with van der Waals surface area (Å²) in [7, 11) is 0. The zero-order valence-electron chi connectivity index (χ0n) is 22.7. The minimum atomic E-state index is -1.39. The Morgan fingerprint density at radius 1 is 1.11 bits per heavy atom. The minimum Gasteiger partial charge on any atom is -0.666 e.